The maximum Gasteiger partial charge on any atom is 0.268 e. The Morgan fingerprint density at radius 2 is 1.33 bits per heavy atom. The maximum atomic E-state index is 14.6. The number of benzene rings is 3. The first kappa shape index (κ1) is 32.9. The lowest BCUT2D eigenvalue weighted by molar-refractivity contribution is 0.333. The molecule has 0 radical (unpaired) electrons. The van der Waals surface area contributed by atoms with Crippen molar-refractivity contribution in [2.75, 3.05) is 6.54 Å². The maximum absolute atomic E-state index is 14.6. The fraction of sp³-hybridized carbons (Fsp3) is 0.333. The molecule has 0 amide bonds. The fourth-order valence-electron chi connectivity index (χ4n) is 7.04. The van der Waals surface area contributed by atoms with Gasteiger partial charge in [-0.05, 0) is 67.3 Å². The van der Waals surface area contributed by atoms with Gasteiger partial charge >= 0.3 is 0 Å². The molecule has 1 aliphatic heterocycles. The molecule has 242 valence electrons. The highest BCUT2D eigenvalue weighted by Gasteiger charge is 2.47. The van der Waals surface area contributed by atoms with E-state index in [0.717, 1.165) is 33.2 Å². The molecule has 46 heavy (non-hydrogen) atoms. The SMILES string of the molecule is Cc1ccc(S(=O)(=O)N2C[C@@H](/C=C/[Si](C)(C)C)C([Si](C)(C)C)=C3c4cccc5c4c(cn5S(=O)(=O)c4ccc(C)cc4)C[C@H]32)cc1. The van der Waals surface area contributed by atoms with Gasteiger partial charge in [0.05, 0.1) is 37.5 Å². The lowest BCUT2D eigenvalue weighted by Crippen LogP contribution is -2.52. The van der Waals surface area contributed by atoms with Crippen LogP contribution in [0.2, 0.25) is 39.3 Å². The molecule has 2 heterocycles. The normalized spacial score (nSPS) is 19.7. The molecule has 2 atom stereocenters. The van der Waals surface area contributed by atoms with E-state index in [0.29, 0.717) is 18.5 Å². The minimum absolute atomic E-state index is 0.0694. The van der Waals surface area contributed by atoms with Crippen molar-refractivity contribution in [3.63, 3.8) is 0 Å². The van der Waals surface area contributed by atoms with Gasteiger partial charge in [0.2, 0.25) is 10.0 Å². The molecule has 0 saturated carbocycles. The van der Waals surface area contributed by atoms with Crippen molar-refractivity contribution in [3.05, 3.63) is 112 Å². The number of hydrogen-bond donors (Lipinski definition) is 0. The molecule has 0 saturated heterocycles. The minimum atomic E-state index is -3.89. The number of sulfonamides is 1. The molecule has 10 heteroatoms. The number of rotatable bonds is 7. The van der Waals surface area contributed by atoms with Crippen LogP contribution in [0.5, 0.6) is 0 Å². The number of nitrogens with zero attached hydrogens (tertiary/aromatic N) is 2. The van der Waals surface area contributed by atoms with E-state index >= 15 is 0 Å². The number of aryl methyl sites for hydroxylation is 2. The standard InChI is InChI=1S/C36H44N2O4S2Si2/c1-25-12-16-29(17-13-25)43(39,40)37-24-28-22-33-35(31-10-9-11-32(37)34(28)31)36(46(6,7)8)27(20-21-45(3,4)5)23-38(33)44(41,42)30-18-14-26(2)15-19-30/h9-21,24,27,33H,22-23H2,1-8H3/b21-20+/t27-,33-/m1/s1. The average Bonchev–Trinajstić information content (AvgIpc) is 3.35. The van der Waals surface area contributed by atoms with E-state index in [1.54, 1.807) is 34.8 Å². The van der Waals surface area contributed by atoms with Crippen molar-refractivity contribution >= 4 is 52.7 Å². The Morgan fingerprint density at radius 1 is 0.761 bits per heavy atom. The second-order valence-corrected chi connectivity index (χ2v) is 28.8. The molecule has 0 fully saturated rings. The Bertz CT molecular complexity index is 2120. The van der Waals surface area contributed by atoms with Gasteiger partial charge in [-0.3, -0.25) is 0 Å². The first-order valence-electron chi connectivity index (χ1n) is 15.9. The summed E-state index contributed by atoms with van der Waals surface area (Å²) in [5.74, 6) is -0.0694. The van der Waals surface area contributed by atoms with Crippen molar-refractivity contribution in [2.45, 2.75) is 75.4 Å². The second kappa shape index (κ2) is 11.3. The molecule has 1 aromatic heterocycles. The van der Waals surface area contributed by atoms with E-state index in [1.165, 1.54) is 9.17 Å². The van der Waals surface area contributed by atoms with Crippen LogP contribution in [0.3, 0.4) is 0 Å². The Morgan fingerprint density at radius 3 is 1.87 bits per heavy atom. The van der Waals surface area contributed by atoms with Gasteiger partial charge in [-0.2, -0.15) is 4.31 Å². The largest absolute Gasteiger partial charge is 0.268 e. The van der Waals surface area contributed by atoms with E-state index in [-0.39, 0.29) is 15.7 Å². The fourth-order valence-corrected chi connectivity index (χ4v) is 13.3. The molecular formula is C36H44N2O4S2Si2. The first-order valence-corrected chi connectivity index (χ1v) is 25.8. The van der Waals surface area contributed by atoms with Crippen LogP contribution in [-0.2, 0) is 26.5 Å². The smallest absolute Gasteiger partial charge is 0.241 e. The quantitative estimate of drug-likeness (QED) is 0.186. The average molecular weight is 689 g/mol. The number of hydrogen-bond acceptors (Lipinski definition) is 4. The summed E-state index contributed by atoms with van der Waals surface area (Å²) in [5, 5.41) is 2.26. The van der Waals surface area contributed by atoms with Crippen LogP contribution in [0, 0.1) is 19.8 Å². The molecule has 4 aromatic rings. The summed E-state index contributed by atoms with van der Waals surface area (Å²) in [5.41, 5.74) is 7.82. The lowest BCUT2D eigenvalue weighted by atomic mass is 9.80. The Kier molecular flexibility index (Phi) is 8.08. The highest BCUT2D eigenvalue weighted by molar-refractivity contribution is 7.90. The van der Waals surface area contributed by atoms with Crippen molar-refractivity contribution in [1.29, 1.82) is 0 Å². The highest BCUT2D eigenvalue weighted by Crippen LogP contribution is 2.49. The predicted molar refractivity (Wildman–Crippen MR) is 195 cm³/mol. The first-order chi connectivity index (χ1) is 21.4. The Hall–Kier alpha value is -3.03. The number of fused-ring (bicyclic) bond motifs is 2. The Balaban J connectivity index is 1.64. The summed E-state index contributed by atoms with van der Waals surface area (Å²) in [7, 11) is -11.4. The molecule has 0 N–H and O–H groups in total. The third kappa shape index (κ3) is 5.72. The van der Waals surface area contributed by atoms with Gasteiger partial charge < -0.3 is 0 Å². The van der Waals surface area contributed by atoms with Gasteiger partial charge in [-0.25, -0.2) is 20.8 Å². The van der Waals surface area contributed by atoms with Crippen molar-refractivity contribution in [3.8, 4) is 0 Å². The molecule has 0 unspecified atom stereocenters. The predicted octanol–water partition coefficient (Wildman–Crippen LogP) is 7.81. The van der Waals surface area contributed by atoms with E-state index in [4.69, 9.17) is 0 Å². The van der Waals surface area contributed by atoms with Gasteiger partial charge in [0.15, 0.2) is 0 Å². The van der Waals surface area contributed by atoms with Gasteiger partial charge in [0.1, 0.15) is 0 Å². The van der Waals surface area contributed by atoms with Gasteiger partial charge in [0.25, 0.3) is 10.0 Å². The molecule has 2 aliphatic rings. The topological polar surface area (TPSA) is 76.5 Å². The summed E-state index contributed by atoms with van der Waals surface area (Å²) in [6, 6.07) is 19.4. The van der Waals surface area contributed by atoms with Crippen LogP contribution in [0.4, 0.5) is 0 Å². The molecule has 0 spiro atoms. The summed E-state index contributed by atoms with van der Waals surface area (Å²) in [6.45, 7) is 18.2. The molecular weight excluding hydrogens is 645 g/mol. The molecule has 6 rings (SSSR count). The van der Waals surface area contributed by atoms with Crippen molar-refractivity contribution in [1.82, 2.24) is 8.28 Å². The third-order valence-electron chi connectivity index (χ3n) is 9.14. The lowest BCUT2D eigenvalue weighted by Gasteiger charge is -2.46. The van der Waals surface area contributed by atoms with Crippen LogP contribution < -0.4 is 0 Å². The van der Waals surface area contributed by atoms with E-state index < -0.39 is 42.2 Å². The van der Waals surface area contributed by atoms with Crippen LogP contribution in [0.1, 0.15) is 22.3 Å². The van der Waals surface area contributed by atoms with Crippen LogP contribution >= 0.6 is 0 Å². The van der Waals surface area contributed by atoms with Gasteiger partial charge in [-0.15, -0.1) is 0 Å². The monoisotopic (exact) mass is 688 g/mol. The van der Waals surface area contributed by atoms with Gasteiger partial charge in [-0.1, -0.05) is 104 Å². The van der Waals surface area contributed by atoms with Gasteiger partial charge in [0, 0.05) is 24.0 Å². The third-order valence-corrected chi connectivity index (χ3v) is 16.2. The van der Waals surface area contributed by atoms with Crippen molar-refractivity contribution < 1.29 is 16.8 Å². The van der Waals surface area contributed by atoms with Crippen LogP contribution in [0.15, 0.2) is 99.7 Å². The number of aromatic nitrogens is 1. The van der Waals surface area contributed by atoms with E-state index in [1.807, 2.05) is 50.2 Å². The van der Waals surface area contributed by atoms with Crippen molar-refractivity contribution in [2.24, 2.45) is 5.92 Å². The Labute approximate surface area is 276 Å². The summed E-state index contributed by atoms with van der Waals surface area (Å²) in [6.07, 6.45) is 4.41. The second-order valence-electron chi connectivity index (χ2n) is 15.0. The zero-order valence-electron chi connectivity index (χ0n) is 28.0. The van der Waals surface area contributed by atoms with E-state index in [9.17, 15) is 16.8 Å². The molecule has 0 bridgehead atoms. The molecule has 3 aromatic carbocycles. The van der Waals surface area contributed by atoms with Crippen LogP contribution in [-0.4, -0.2) is 53.8 Å². The molecule has 6 nitrogen and oxygen atoms in total. The highest BCUT2D eigenvalue weighted by atomic mass is 32.2. The summed E-state index contributed by atoms with van der Waals surface area (Å²) >= 11 is 0. The van der Waals surface area contributed by atoms with Crippen LogP contribution in [0.25, 0.3) is 16.5 Å². The zero-order valence-corrected chi connectivity index (χ0v) is 31.6. The molecule has 1 aliphatic carbocycles. The zero-order chi connectivity index (χ0) is 33.4. The summed E-state index contributed by atoms with van der Waals surface area (Å²) in [4.78, 5) is 0.510. The minimum Gasteiger partial charge on any atom is -0.241 e. The van der Waals surface area contributed by atoms with E-state index in [2.05, 4.69) is 57.1 Å². The summed E-state index contributed by atoms with van der Waals surface area (Å²) < 4.78 is 60.4.